The van der Waals surface area contributed by atoms with E-state index in [-0.39, 0.29) is 5.75 Å². The number of aromatic hydroxyl groups is 2. The molecule has 22 heavy (non-hydrogen) atoms. The summed E-state index contributed by atoms with van der Waals surface area (Å²) >= 11 is 0. The van der Waals surface area contributed by atoms with E-state index in [0.717, 1.165) is 11.3 Å². The number of hydrogen-bond acceptors (Lipinski definition) is 3. The van der Waals surface area contributed by atoms with Crippen molar-refractivity contribution in [1.29, 1.82) is 0 Å². The van der Waals surface area contributed by atoms with E-state index in [2.05, 4.69) is 0 Å². The molecule has 0 saturated heterocycles. The van der Waals surface area contributed by atoms with Crippen LogP contribution in [0.25, 0.3) is 0 Å². The lowest BCUT2D eigenvalue weighted by molar-refractivity contribution is 0.464. The second-order valence-electron chi connectivity index (χ2n) is 4.75. The molecule has 0 unspecified atom stereocenters. The van der Waals surface area contributed by atoms with E-state index in [1.54, 1.807) is 36.4 Å². The first-order chi connectivity index (χ1) is 10.6. The summed E-state index contributed by atoms with van der Waals surface area (Å²) in [6.45, 7) is 1.94. The first kappa shape index (κ1) is 15.4. The minimum Gasteiger partial charge on any atom is -0.508 e. The second-order valence-corrected chi connectivity index (χ2v) is 4.75. The van der Waals surface area contributed by atoms with Crippen LogP contribution in [0.1, 0.15) is 5.56 Å². The van der Waals surface area contributed by atoms with Gasteiger partial charge in [0.15, 0.2) is 0 Å². The quantitative estimate of drug-likeness (QED) is 0.708. The Hall–Kier alpha value is -2.94. The standard InChI is InChI=1S/C12H10O2.C7H8O/c13-10-6-8-12(9-7-10)14-11-4-2-1-3-5-11;1-6-3-2-4-7(8)5-6/h1-9,13H;2-5,8H,1H3. The van der Waals surface area contributed by atoms with Crippen LogP contribution >= 0.6 is 0 Å². The van der Waals surface area contributed by atoms with E-state index >= 15 is 0 Å². The third-order valence-corrected chi connectivity index (χ3v) is 2.82. The Morgan fingerprint density at radius 3 is 1.82 bits per heavy atom. The molecule has 3 rings (SSSR count). The van der Waals surface area contributed by atoms with Gasteiger partial charge in [0, 0.05) is 0 Å². The fraction of sp³-hybridized carbons (Fsp3) is 0.0526. The summed E-state index contributed by atoms with van der Waals surface area (Å²) in [7, 11) is 0. The van der Waals surface area contributed by atoms with Gasteiger partial charge in [-0.3, -0.25) is 0 Å². The third-order valence-electron chi connectivity index (χ3n) is 2.82. The van der Waals surface area contributed by atoms with Gasteiger partial charge in [0.1, 0.15) is 23.0 Å². The molecule has 0 fully saturated rings. The minimum atomic E-state index is 0.241. The summed E-state index contributed by atoms with van der Waals surface area (Å²) < 4.78 is 5.52. The molecule has 0 radical (unpaired) electrons. The van der Waals surface area contributed by atoms with Crippen molar-refractivity contribution in [3.05, 3.63) is 84.4 Å². The van der Waals surface area contributed by atoms with Gasteiger partial charge in [0.05, 0.1) is 0 Å². The molecule has 0 aliphatic carbocycles. The molecule has 3 nitrogen and oxygen atoms in total. The monoisotopic (exact) mass is 294 g/mol. The molecular formula is C19H18O3. The maximum Gasteiger partial charge on any atom is 0.127 e. The highest BCUT2D eigenvalue weighted by molar-refractivity contribution is 5.34. The second kappa shape index (κ2) is 7.74. The summed E-state index contributed by atoms with van der Waals surface area (Å²) in [5.74, 6) is 2.09. The van der Waals surface area contributed by atoms with Crippen molar-refractivity contribution in [3.8, 4) is 23.0 Å². The van der Waals surface area contributed by atoms with Crippen molar-refractivity contribution in [2.24, 2.45) is 0 Å². The first-order valence-corrected chi connectivity index (χ1v) is 6.91. The van der Waals surface area contributed by atoms with Gasteiger partial charge in [-0.05, 0) is 61.0 Å². The molecule has 2 N–H and O–H groups in total. The summed E-state index contributed by atoms with van der Waals surface area (Å²) in [6.07, 6.45) is 0. The van der Waals surface area contributed by atoms with Gasteiger partial charge in [-0.25, -0.2) is 0 Å². The van der Waals surface area contributed by atoms with Gasteiger partial charge in [0.2, 0.25) is 0 Å². The predicted octanol–water partition coefficient (Wildman–Crippen LogP) is 4.89. The summed E-state index contributed by atoms with van der Waals surface area (Å²) in [5, 5.41) is 17.9. The van der Waals surface area contributed by atoms with Gasteiger partial charge in [-0.15, -0.1) is 0 Å². The normalized spacial score (nSPS) is 9.50. The van der Waals surface area contributed by atoms with Crippen molar-refractivity contribution in [3.63, 3.8) is 0 Å². The molecule has 0 heterocycles. The highest BCUT2D eigenvalue weighted by Crippen LogP contribution is 2.22. The summed E-state index contributed by atoms with van der Waals surface area (Å²) in [6, 6.07) is 23.3. The Morgan fingerprint density at radius 1 is 0.636 bits per heavy atom. The number of para-hydroxylation sites is 1. The molecule has 3 aromatic carbocycles. The summed E-state index contributed by atoms with van der Waals surface area (Å²) in [5.41, 5.74) is 1.09. The molecule has 0 aliphatic heterocycles. The fourth-order valence-electron chi connectivity index (χ4n) is 1.77. The van der Waals surface area contributed by atoms with Crippen LogP contribution in [0.4, 0.5) is 0 Å². The third kappa shape index (κ3) is 5.21. The van der Waals surface area contributed by atoms with Crippen LogP contribution in [-0.4, -0.2) is 10.2 Å². The lowest BCUT2D eigenvalue weighted by atomic mass is 10.2. The Labute approximate surface area is 130 Å². The molecular weight excluding hydrogens is 276 g/mol. The van der Waals surface area contributed by atoms with E-state index in [9.17, 15) is 0 Å². The molecule has 0 amide bonds. The largest absolute Gasteiger partial charge is 0.508 e. The van der Waals surface area contributed by atoms with Crippen LogP contribution in [0.5, 0.6) is 23.0 Å². The highest BCUT2D eigenvalue weighted by Gasteiger charge is 1.95. The number of hydrogen-bond donors (Lipinski definition) is 2. The van der Waals surface area contributed by atoms with E-state index in [1.807, 2.05) is 49.4 Å². The fourth-order valence-corrected chi connectivity index (χ4v) is 1.77. The van der Waals surface area contributed by atoms with Gasteiger partial charge < -0.3 is 14.9 Å². The predicted molar refractivity (Wildman–Crippen MR) is 87.5 cm³/mol. The van der Waals surface area contributed by atoms with Crippen LogP contribution < -0.4 is 4.74 Å². The lowest BCUT2D eigenvalue weighted by Crippen LogP contribution is -1.81. The van der Waals surface area contributed by atoms with E-state index in [0.29, 0.717) is 11.5 Å². The zero-order valence-electron chi connectivity index (χ0n) is 12.3. The Bertz CT molecular complexity index is 674. The SMILES string of the molecule is Cc1cccc(O)c1.Oc1ccc(Oc2ccccc2)cc1. The van der Waals surface area contributed by atoms with Crippen molar-refractivity contribution < 1.29 is 14.9 Å². The van der Waals surface area contributed by atoms with Crippen LogP contribution in [0.2, 0.25) is 0 Å². The van der Waals surface area contributed by atoms with E-state index in [1.165, 1.54) is 0 Å². The van der Waals surface area contributed by atoms with Gasteiger partial charge >= 0.3 is 0 Å². The average Bonchev–Trinajstić information content (AvgIpc) is 2.51. The van der Waals surface area contributed by atoms with Crippen LogP contribution in [0, 0.1) is 6.92 Å². The smallest absolute Gasteiger partial charge is 0.127 e. The number of ether oxygens (including phenoxy) is 1. The minimum absolute atomic E-state index is 0.241. The number of aryl methyl sites for hydroxylation is 1. The molecule has 3 heteroatoms. The Balaban J connectivity index is 0.000000188. The van der Waals surface area contributed by atoms with E-state index in [4.69, 9.17) is 14.9 Å². The molecule has 0 aromatic heterocycles. The highest BCUT2D eigenvalue weighted by atomic mass is 16.5. The van der Waals surface area contributed by atoms with Crippen molar-refractivity contribution >= 4 is 0 Å². The number of rotatable bonds is 2. The molecule has 112 valence electrons. The first-order valence-electron chi connectivity index (χ1n) is 6.91. The Morgan fingerprint density at radius 2 is 1.27 bits per heavy atom. The number of phenols is 2. The van der Waals surface area contributed by atoms with Crippen LogP contribution in [0.15, 0.2) is 78.9 Å². The zero-order chi connectivity index (χ0) is 15.8. The molecule has 0 saturated carbocycles. The van der Waals surface area contributed by atoms with Crippen molar-refractivity contribution in [2.45, 2.75) is 6.92 Å². The maximum absolute atomic E-state index is 9.07. The van der Waals surface area contributed by atoms with Gasteiger partial charge in [-0.2, -0.15) is 0 Å². The van der Waals surface area contributed by atoms with Gasteiger partial charge in [0.25, 0.3) is 0 Å². The molecule has 0 bridgehead atoms. The molecule has 0 aliphatic rings. The molecule has 0 spiro atoms. The van der Waals surface area contributed by atoms with Crippen LogP contribution in [-0.2, 0) is 0 Å². The molecule has 3 aromatic rings. The summed E-state index contributed by atoms with van der Waals surface area (Å²) in [4.78, 5) is 0. The topological polar surface area (TPSA) is 49.7 Å². The van der Waals surface area contributed by atoms with Crippen molar-refractivity contribution in [1.82, 2.24) is 0 Å². The maximum atomic E-state index is 9.07. The Kier molecular flexibility index (Phi) is 5.44. The number of benzene rings is 3. The lowest BCUT2D eigenvalue weighted by Gasteiger charge is -2.04. The van der Waals surface area contributed by atoms with Crippen molar-refractivity contribution in [2.75, 3.05) is 0 Å². The van der Waals surface area contributed by atoms with Crippen LogP contribution in [0.3, 0.4) is 0 Å². The van der Waals surface area contributed by atoms with Gasteiger partial charge in [-0.1, -0.05) is 30.3 Å². The zero-order valence-corrected chi connectivity index (χ0v) is 12.3. The number of phenolic OH excluding ortho intramolecular Hbond substituents is 2. The van der Waals surface area contributed by atoms with E-state index < -0.39 is 0 Å². The average molecular weight is 294 g/mol. The molecule has 0 atom stereocenters.